The maximum absolute atomic E-state index is 2.51. The highest BCUT2D eigenvalue weighted by Gasteiger charge is 2.27. The lowest BCUT2D eigenvalue weighted by atomic mass is 10.1. The molecule has 11 rings (SSSR count). The van der Waals surface area contributed by atoms with Gasteiger partial charge in [-0.25, -0.2) is 0 Å². The molecule has 0 amide bonds. The van der Waals surface area contributed by atoms with E-state index >= 15 is 0 Å². The molecule has 0 atom stereocenters. The summed E-state index contributed by atoms with van der Waals surface area (Å²) in [6.45, 7) is 0. The molecule has 0 spiro atoms. The van der Waals surface area contributed by atoms with E-state index in [1.807, 2.05) is 11.8 Å². The Morgan fingerprint density at radius 3 is 1.93 bits per heavy atom. The fraction of sp³-hybridized carbons (Fsp3) is 0. The summed E-state index contributed by atoms with van der Waals surface area (Å²) in [5, 5.41) is 8.94. The molecule has 0 aliphatic carbocycles. The van der Waals surface area contributed by atoms with Crippen molar-refractivity contribution in [2.45, 2.75) is 9.79 Å². The van der Waals surface area contributed by atoms with Crippen molar-refractivity contribution in [3.05, 3.63) is 152 Å². The number of hydrogen-bond donors (Lipinski definition) is 0. The van der Waals surface area contributed by atoms with Crippen LogP contribution >= 0.6 is 11.8 Å². The summed E-state index contributed by atoms with van der Waals surface area (Å²) in [5.41, 5.74) is 9.71. The molecule has 214 valence electrons. The lowest BCUT2D eigenvalue weighted by Gasteiger charge is -2.21. The predicted molar refractivity (Wildman–Crippen MR) is 194 cm³/mol. The third-order valence-corrected chi connectivity index (χ3v) is 10.9. The molecular formula is C42H25N3S. The first-order valence-corrected chi connectivity index (χ1v) is 16.5. The summed E-state index contributed by atoms with van der Waals surface area (Å²) in [6.07, 6.45) is 0. The summed E-state index contributed by atoms with van der Waals surface area (Å²) >= 11 is 1.87. The van der Waals surface area contributed by atoms with Gasteiger partial charge in [0.25, 0.3) is 0 Å². The zero-order valence-electron chi connectivity index (χ0n) is 24.7. The van der Waals surface area contributed by atoms with Gasteiger partial charge in [-0.05, 0) is 53.9 Å². The predicted octanol–water partition coefficient (Wildman–Crippen LogP) is 11.4. The van der Waals surface area contributed by atoms with Crippen molar-refractivity contribution < 1.29 is 0 Å². The quantitative estimate of drug-likeness (QED) is 0.192. The summed E-state index contributed by atoms with van der Waals surface area (Å²) in [7, 11) is 0. The zero-order chi connectivity index (χ0) is 29.9. The smallest absolute Gasteiger partial charge is 0.131 e. The Balaban J connectivity index is 1.28. The van der Waals surface area contributed by atoms with Crippen LogP contribution in [0.3, 0.4) is 0 Å². The maximum Gasteiger partial charge on any atom is 0.131 e. The van der Waals surface area contributed by atoms with Gasteiger partial charge in [0, 0.05) is 53.5 Å². The van der Waals surface area contributed by atoms with E-state index in [9.17, 15) is 0 Å². The molecule has 0 bridgehead atoms. The lowest BCUT2D eigenvalue weighted by molar-refractivity contribution is 1.02. The van der Waals surface area contributed by atoms with E-state index in [1.165, 1.54) is 80.9 Å². The van der Waals surface area contributed by atoms with Crippen LogP contribution < -0.4 is 0 Å². The molecule has 0 fully saturated rings. The van der Waals surface area contributed by atoms with E-state index in [0.29, 0.717) is 0 Å². The first-order chi connectivity index (χ1) is 22.8. The molecule has 46 heavy (non-hydrogen) atoms. The maximum atomic E-state index is 2.51. The molecule has 4 heteroatoms. The molecule has 4 heterocycles. The van der Waals surface area contributed by atoms with Crippen LogP contribution in [0.25, 0.3) is 82.5 Å². The van der Waals surface area contributed by atoms with Crippen molar-refractivity contribution in [3.8, 4) is 17.1 Å². The Morgan fingerprint density at radius 2 is 1.04 bits per heavy atom. The average molecular weight is 604 g/mol. The first kappa shape index (κ1) is 24.6. The Kier molecular flexibility index (Phi) is 4.78. The average Bonchev–Trinajstić information content (AvgIpc) is 3.76. The number of benzene rings is 7. The Morgan fingerprint density at radius 1 is 0.391 bits per heavy atom. The normalized spacial score (nSPS) is 12.7. The van der Waals surface area contributed by atoms with Gasteiger partial charge < -0.3 is 4.57 Å². The molecule has 1 aliphatic heterocycles. The minimum Gasteiger partial charge on any atom is -0.309 e. The van der Waals surface area contributed by atoms with Gasteiger partial charge in [0.15, 0.2) is 0 Å². The third-order valence-electron chi connectivity index (χ3n) is 9.78. The number of aromatic nitrogens is 3. The SMILES string of the molecule is c1cc(-n2c3ccccc3c3ccc4ccccc4c32)cc(-n2c3ccccc3c3c4cccc5c4n(c32)-c2ccccc2S5)c1. The molecule has 1 aliphatic rings. The van der Waals surface area contributed by atoms with E-state index in [1.54, 1.807) is 0 Å². The van der Waals surface area contributed by atoms with Crippen molar-refractivity contribution in [3.63, 3.8) is 0 Å². The number of para-hydroxylation sites is 4. The molecule has 3 aromatic heterocycles. The molecule has 0 unspecified atom stereocenters. The van der Waals surface area contributed by atoms with Crippen molar-refractivity contribution >= 4 is 77.2 Å². The molecule has 3 nitrogen and oxygen atoms in total. The molecule has 0 saturated heterocycles. The van der Waals surface area contributed by atoms with Crippen molar-refractivity contribution in [1.29, 1.82) is 0 Å². The van der Waals surface area contributed by atoms with Gasteiger partial charge in [-0.15, -0.1) is 0 Å². The second-order valence-electron chi connectivity index (χ2n) is 12.2. The van der Waals surface area contributed by atoms with Crippen molar-refractivity contribution in [1.82, 2.24) is 13.7 Å². The van der Waals surface area contributed by atoms with Gasteiger partial charge in [-0.2, -0.15) is 0 Å². The fourth-order valence-corrected chi connectivity index (χ4v) is 9.05. The largest absolute Gasteiger partial charge is 0.309 e. The third kappa shape index (κ3) is 3.09. The van der Waals surface area contributed by atoms with Crippen LogP contribution in [0.15, 0.2) is 161 Å². The van der Waals surface area contributed by atoms with Crippen LogP contribution in [-0.2, 0) is 0 Å². The molecular weight excluding hydrogens is 579 g/mol. The Bertz CT molecular complexity index is 2900. The van der Waals surface area contributed by atoms with Crippen LogP contribution in [0.1, 0.15) is 0 Å². The highest BCUT2D eigenvalue weighted by atomic mass is 32.2. The topological polar surface area (TPSA) is 14.8 Å². The summed E-state index contributed by atoms with van der Waals surface area (Å²) in [5.74, 6) is 0. The van der Waals surface area contributed by atoms with Gasteiger partial charge in [0.1, 0.15) is 5.65 Å². The molecule has 0 saturated carbocycles. The number of hydrogen-bond acceptors (Lipinski definition) is 1. The Hall–Kier alpha value is -5.71. The molecule has 10 aromatic rings. The minimum absolute atomic E-state index is 1.14. The first-order valence-electron chi connectivity index (χ1n) is 15.7. The summed E-state index contributed by atoms with van der Waals surface area (Å²) in [4.78, 5) is 2.58. The highest BCUT2D eigenvalue weighted by molar-refractivity contribution is 7.99. The summed E-state index contributed by atoms with van der Waals surface area (Å²) in [6, 6.07) is 55.6. The van der Waals surface area contributed by atoms with E-state index in [0.717, 1.165) is 11.4 Å². The standard InChI is InChI=1S/C42H25N3S/c1-2-14-29-26(11-1)23-24-31-30-15-3-5-18-34(30)43(40(29)31)27-12-9-13-28(25-27)44-35-19-6-4-16-32(35)39-33-17-10-22-38-41(33)45(42(39)44)36-20-7-8-21-37(36)46-38/h1-25H. The molecule has 7 aromatic carbocycles. The second-order valence-corrected chi connectivity index (χ2v) is 13.2. The van der Waals surface area contributed by atoms with Gasteiger partial charge in [0.05, 0.1) is 27.8 Å². The van der Waals surface area contributed by atoms with E-state index < -0.39 is 0 Å². The lowest BCUT2D eigenvalue weighted by Crippen LogP contribution is -2.06. The van der Waals surface area contributed by atoms with E-state index in [-0.39, 0.29) is 0 Å². The van der Waals surface area contributed by atoms with Gasteiger partial charge in [-0.1, -0.05) is 115 Å². The van der Waals surface area contributed by atoms with Crippen LogP contribution in [0.5, 0.6) is 0 Å². The van der Waals surface area contributed by atoms with Crippen LogP contribution in [0.2, 0.25) is 0 Å². The van der Waals surface area contributed by atoms with Gasteiger partial charge >= 0.3 is 0 Å². The number of nitrogens with zero attached hydrogens (tertiary/aromatic N) is 3. The van der Waals surface area contributed by atoms with Crippen LogP contribution in [-0.4, -0.2) is 13.7 Å². The number of fused-ring (bicyclic) bond motifs is 12. The van der Waals surface area contributed by atoms with E-state index in [4.69, 9.17) is 0 Å². The van der Waals surface area contributed by atoms with Crippen LogP contribution in [0.4, 0.5) is 0 Å². The second kappa shape index (κ2) is 8.94. The molecule has 0 radical (unpaired) electrons. The van der Waals surface area contributed by atoms with Gasteiger partial charge in [-0.3, -0.25) is 9.13 Å². The fourth-order valence-electron chi connectivity index (χ4n) is 7.96. The minimum atomic E-state index is 1.14. The van der Waals surface area contributed by atoms with Crippen molar-refractivity contribution in [2.75, 3.05) is 0 Å². The Labute approximate surface area is 268 Å². The van der Waals surface area contributed by atoms with Crippen molar-refractivity contribution in [2.24, 2.45) is 0 Å². The zero-order valence-corrected chi connectivity index (χ0v) is 25.5. The molecule has 0 N–H and O–H groups in total. The van der Waals surface area contributed by atoms with E-state index in [2.05, 4.69) is 165 Å². The summed E-state index contributed by atoms with van der Waals surface area (Å²) < 4.78 is 7.45. The monoisotopic (exact) mass is 603 g/mol. The number of rotatable bonds is 2. The highest BCUT2D eigenvalue weighted by Crippen LogP contribution is 2.49. The van der Waals surface area contributed by atoms with Gasteiger partial charge in [0.2, 0.25) is 0 Å². The van der Waals surface area contributed by atoms with Crippen LogP contribution in [0, 0.1) is 0 Å².